The summed E-state index contributed by atoms with van der Waals surface area (Å²) in [7, 11) is 0. The second-order valence-corrected chi connectivity index (χ2v) is 6.22. The lowest BCUT2D eigenvalue weighted by Crippen LogP contribution is -2.49. The summed E-state index contributed by atoms with van der Waals surface area (Å²) >= 11 is 3.02. The molecule has 1 aromatic carbocycles. The highest BCUT2D eigenvalue weighted by atomic mass is 79.9. The van der Waals surface area contributed by atoms with Crippen LogP contribution in [-0.2, 0) is 0 Å². The zero-order chi connectivity index (χ0) is 16.4. The highest BCUT2D eigenvalue weighted by molar-refractivity contribution is 9.10. The predicted octanol–water partition coefficient (Wildman–Crippen LogP) is 4.18. The Morgan fingerprint density at radius 3 is 2.52 bits per heavy atom. The van der Waals surface area contributed by atoms with Gasteiger partial charge in [0.2, 0.25) is 0 Å². The zero-order valence-electron chi connectivity index (χ0n) is 11.5. The van der Waals surface area contributed by atoms with Crippen LogP contribution in [0.1, 0.15) is 11.3 Å². The van der Waals surface area contributed by atoms with Gasteiger partial charge in [0.25, 0.3) is 0 Å². The number of allylic oxidation sites excluding steroid dienone is 2. The minimum absolute atomic E-state index is 0.0846. The molecule has 0 bridgehead atoms. The highest BCUT2D eigenvalue weighted by Crippen LogP contribution is 2.40. The van der Waals surface area contributed by atoms with Gasteiger partial charge in [0.1, 0.15) is 17.8 Å². The predicted molar refractivity (Wildman–Crippen MR) is 83.3 cm³/mol. The molecular weight excluding hydrogens is 375 g/mol. The topological polar surface area (TPSA) is 7.94 Å². The van der Waals surface area contributed by atoms with E-state index in [1.165, 1.54) is 36.7 Å². The van der Waals surface area contributed by atoms with Crippen LogP contribution in [0.15, 0.2) is 52.8 Å². The first-order chi connectivity index (χ1) is 10.9. The average Bonchev–Trinajstić information content (AvgIpc) is 3.11. The molecule has 3 heterocycles. The van der Waals surface area contributed by atoms with Gasteiger partial charge in [-0.2, -0.15) is 0 Å². The number of aromatic nitrogens is 1. The van der Waals surface area contributed by atoms with Crippen molar-refractivity contribution in [1.82, 2.24) is 4.48 Å². The minimum Gasteiger partial charge on any atom is -0.396 e. The molecule has 116 valence electrons. The van der Waals surface area contributed by atoms with Crippen LogP contribution in [0.3, 0.4) is 0 Å². The number of nitrogens with zero attached hydrogens (tertiary/aromatic N) is 2. The summed E-state index contributed by atoms with van der Waals surface area (Å²) in [5.41, 5.74) is -0.0441. The van der Waals surface area contributed by atoms with Crippen LogP contribution in [0.2, 0.25) is 0 Å². The Kier molecular flexibility index (Phi) is 2.97. The summed E-state index contributed by atoms with van der Waals surface area (Å²) in [6.45, 7) is -4.08. The van der Waals surface area contributed by atoms with Crippen LogP contribution < -0.4 is 0 Å². The van der Waals surface area contributed by atoms with Crippen LogP contribution >= 0.6 is 15.9 Å². The Labute approximate surface area is 137 Å². The smallest absolute Gasteiger partial charge is 0.396 e. The Morgan fingerprint density at radius 2 is 1.83 bits per heavy atom. The second-order valence-electron chi connectivity index (χ2n) is 5.31. The fraction of sp³-hybridized carbons (Fsp3) is 0. The van der Waals surface area contributed by atoms with E-state index in [1.54, 1.807) is 0 Å². The molecule has 2 aliphatic heterocycles. The molecule has 23 heavy (non-hydrogen) atoms. The lowest BCUT2D eigenvalue weighted by atomic mass is 9.86. The van der Waals surface area contributed by atoms with Crippen molar-refractivity contribution in [3.8, 4) is 0 Å². The van der Waals surface area contributed by atoms with E-state index in [2.05, 4.69) is 15.9 Å². The molecule has 1 aromatic heterocycles. The van der Waals surface area contributed by atoms with E-state index in [4.69, 9.17) is 0 Å². The largest absolute Gasteiger partial charge is 0.737 e. The summed E-state index contributed by atoms with van der Waals surface area (Å²) in [4.78, 5) is 0. The van der Waals surface area contributed by atoms with Crippen molar-refractivity contribution >= 4 is 34.7 Å². The Balaban J connectivity index is 2.10. The molecule has 0 unspecified atom stereocenters. The number of halogens is 5. The second kappa shape index (κ2) is 4.70. The molecular formula is C15H8BBrF4N2. The van der Waals surface area contributed by atoms with Crippen LogP contribution in [-0.4, -0.2) is 22.1 Å². The van der Waals surface area contributed by atoms with Crippen molar-refractivity contribution in [2.24, 2.45) is 0 Å². The van der Waals surface area contributed by atoms with Crippen molar-refractivity contribution in [3.63, 3.8) is 0 Å². The summed E-state index contributed by atoms with van der Waals surface area (Å²) < 4.78 is 59.8. The maximum absolute atomic E-state index is 14.6. The van der Waals surface area contributed by atoms with E-state index >= 15 is 0 Å². The third-order valence-electron chi connectivity index (χ3n) is 4.00. The monoisotopic (exact) mass is 382 g/mol. The highest BCUT2D eigenvalue weighted by Gasteiger charge is 2.52. The van der Waals surface area contributed by atoms with E-state index in [9.17, 15) is 17.4 Å². The van der Waals surface area contributed by atoms with Crippen molar-refractivity contribution in [3.05, 3.63) is 75.7 Å². The molecule has 2 nitrogen and oxygen atoms in total. The van der Waals surface area contributed by atoms with Gasteiger partial charge in [0.05, 0.1) is 11.1 Å². The fourth-order valence-corrected chi connectivity index (χ4v) is 3.46. The maximum atomic E-state index is 14.6. The van der Waals surface area contributed by atoms with E-state index < -0.39 is 18.6 Å². The number of benzene rings is 1. The lowest BCUT2D eigenvalue weighted by Gasteiger charge is -2.31. The summed E-state index contributed by atoms with van der Waals surface area (Å²) in [5.74, 6) is -1.63. The van der Waals surface area contributed by atoms with E-state index in [0.29, 0.717) is 0 Å². The van der Waals surface area contributed by atoms with Gasteiger partial charge in [-0.1, -0.05) is 15.9 Å². The number of fused-ring (bicyclic) bond motifs is 2. The van der Waals surface area contributed by atoms with E-state index in [1.807, 2.05) is 0 Å². The Bertz CT molecular complexity index is 920. The number of hydrogen-bond donors (Lipinski definition) is 0. The molecule has 0 radical (unpaired) electrons. The SMILES string of the molecule is Fc1cc(Br)cc(F)c1C1=C2C=CC=[N+]2[B-](F)(F)n2cccc21. The molecule has 0 aliphatic carbocycles. The molecule has 4 rings (SSSR count). The Hall–Kier alpha value is -2.09. The van der Waals surface area contributed by atoms with Gasteiger partial charge in [-0.3, -0.25) is 0 Å². The van der Waals surface area contributed by atoms with Crippen LogP contribution in [0.5, 0.6) is 0 Å². The van der Waals surface area contributed by atoms with E-state index in [0.717, 1.165) is 21.1 Å². The first kappa shape index (κ1) is 14.5. The molecule has 8 heteroatoms. The first-order valence-electron chi connectivity index (χ1n) is 6.80. The zero-order valence-corrected chi connectivity index (χ0v) is 13.1. The quantitative estimate of drug-likeness (QED) is 0.516. The average molecular weight is 383 g/mol. The molecule has 0 amide bonds. The summed E-state index contributed by atoms with van der Waals surface area (Å²) in [6, 6.07) is 5.10. The van der Waals surface area contributed by atoms with Crippen LogP contribution in [0.4, 0.5) is 17.4 Å². The first-order valence-corrected chi connectivity index (χ1v) is 7.59. The van der Waals surface area contributed by atoms with Crippen molar-refractivity contribution in [2.45, 2.75) is 0 Å². The van der Waals surface area contributed by atoms with Crippen molar-refractivity contribution in [1.29, 1.82) is 0 Å². The van der Waals surface area contributed by atoms with Crippen molar-refractivity contribution < 1.29 is 21.9 Å². The van der Waals surface area contributed by atoms with Crippen LogP contribution in [0.25, 0.3) is 5.57 Å². The van der Waals surface area contributed by atoms with Crippen molar-refractivity contribution in [2.75, 3.05) is 0 Å². The molecule has 0 atom stereocenters. The van der Waals surface area contributed by atoms with Gasteiger partial charge in [-0.15, -0.1) is 0 Å². The minimum atomic E-state index is -4.08. The normalized spacial score (nSPS) is 18.0. The van der Waals surface area contributed by atoms with E-state index in [-0.39, 0.29) is 27.0 Å². The molecule has 2 aromatic rings. The molecule has 0 spiro atoms. The standard InChI is InChI=1S/C15H8BBrF4N2/c17-9-7-10(18)14(11(19)8-9)15-12-3-1-5-22(12)16(20,21)23-6-2-4-13(15)23/h1-8H. The molecule has 0 saturated heterocycles. The van der Waals surface area contributed by atoms with Gasteiger partial charge in [-0.25, -0.2) is 8.78 Å². The lowest BCUT2D eigenvalue weighted by molar-refractivity contribution is -0.356. The molecule has 0 saturated carbocycles. The fourth-order valence-electron chi connectivity index (χ4n) is 3.06. The third-order valence-corrected chi connectivity index (χ3v) is 4.45. The maximum Gasteiger partial charge on any atom is 0.737 e. The van der Waals surface area contributed by atoms with Gasteiger partial charge in [0, 0.05) is 22.3 Å². The molecule has 0 fully saturated rings. The Morgan fingerprint density at radius 1 is 1.13 bits per heavy atom. The van der Waals surface area contributed by atoms with Crippen LogP contribution in [0, 0.1) is 11.6 Å². The molecule has 0 N–H and O–H groups in total. The molecule has 2 aliphatic rings. The third kappa shape index (κ3) is 1.91. The van der Waals surface area contributed by atoms with Gasteiger partial charge in [0.15, 0.2) is 5.70 Å². The summed E-state index contributed by atoms with van der Waals surface area (Å²) in [6.07, 6.45) is 5.30. The van der Waals surface area contributed by atoms with Gasteiger partial charge in [-0.05, 0) is 30.5 Å². The number of rotatable bonds is 1. The van der Waals surface area contributed by atoms with Gasteiger partial charge >= 0.3 is 6.97 Å². The summed E-state index contributed by atoms with van der Waals surface area (Å²) in [5, 5.41) is 0. The van der Waals surface area contributed by atoms with Gasteiger partial charge < -0.3 is 17.6 Å². The number of hydrogen-bond acceptors (Lipinski definition) is 0.